The molecule has 6 rings (SSSR count). The molecule has 2 aromatic heterocycles. The zero-order valence-corrected chi connectivity index (χ0v) is 26.9. The summed E-state index contributed by atoms with van der Waals surface area (Å²) in [5.74, 6) is 0.650. The number of pyridine rings is 1. The smallest absolute Gasteiger partial charge is 0.395 e. The van der Waals surface area contributed by atoms with Crippen LogP contribution in [0.1, 0.15) is 95.9 Å². The zero-order valence-electron chi connectivity index (χ0n) is 26.9. The summed E-state index contributed by atoms with van der Waals surface area (Å²) in [5, 5.41) is 10.2. The Morgan fingerprint density at radius 1 is 1.16 bits per heavy atom. The van der Waals surface area contributed by atoms with E-state index in [1.165, 1.54) is 21.2 Å². The van der Waals surface area contributed by atoms with Gasteiger partial charge in [-0.05, 0) is 75.5 Å². The first-order valence-electron chi connectivity index (χ1n) is 16.5. The molecule has 0 spiro atoms. The summed E-state index contributed by atoms with van der Waals surface area (Å²) in [7, 11) is 11.6. The van der Waals surface area contributed by atoms with Gasteiger partial charge in [-0.2, -0.15) is 13.2 Å². The molecule has 3 N–H and O–H groups in total. The summed E-state index contributed by atoms with van der Waals surface area (Å²) in [6, 6.07) is 0.761. The van der Waals surface area contributed by atoms with E-state index in [-0.39, 0.29) is 41.8 Å². The molecule has 0 bridgehead atoms. The van der Waals surface area contributed by atoms with Crippen LogP contribution in [0.25, 0.3) is 5.52 Å². The van der Waals surface area contributed by atoms with Crippen LogP contribution in [0, 0.1) is 17.3 Å². The summed E-state index contributed by atoms with van der Waals surface area (Å²) >= 11 is 0. The molecule has 2 aromatic rings. The fourth-order valence-electron chi connectivity index (χ4n) is 7.95. The zero-order chi connectivity index (χ0) is 32.7. The van der Waals surface area contributed by atoms with Crippen LogP contribution in [-0.4, -0.2) is 84.2 Å². The Hall–Kier alpha value is -1.83. The highest BCUT2D eigenvalue weighted by molar-refractivity contribution is 6.38. The van der Waals surface area contributed by atoms with Gasteiger partial charge in [0.05, 0.1) is 37.1 Å². The number of imidazole rings is 1. The number of alkyl halides is 3. The molecular weight excluding hydrogens is 583 g/mol. The standard InChI is InChI=1S/C29H41B2F3N6O3.C2H6/c1-18-5-4-8-37(12-18)19(2)20-9-23(28(32,33)34)24-14-38(26(41)39(24)13-20)22-7-3-6-21(10-22)27(15-43-16-27)11-25-36-35-17-40(25)29(30,31)42;1-2/h9,13-14,18-19,21-22,25,35-36,42H,3-8,10-12,15-17H2,1-2H3;1-2H3/t18-,19-,21?,22?,25?;/m0./s1. The second-order valence-electron chi connectivity index (χ2n) is 13.5. The number of aromatic nitrogens is 2. The van der Waals surface area contributed by atoms with Crippen molar-refractivity contribution in [2.24, 2.45) is 17.3 Å². The lowest BCUT2D eigenvalue weighted by Gasteiger charge is -2.52. The minimum atomic E-state index is -4.60. The molecule has 1 aliphatic carbocycles. The van der Waals surface area contributed by atoms with Gasteiger partial charge < -0.3 is 9.84 Å². The summed E-state index contributed by atoms with van der Waals surface area (Å²) in [5.41, 5.74) is 3.08. The van der Waals surface area contributed by atoms with Gasteiger partial charge >= 0.3 is 11.9 Å². The van der Waals surface area contributed by atoms with Crippen molar-refractivity contribution in [1.29, 1.82) is 0 Å². The molecule has 9 nitrogen and oxygen atoms in total. The topological polar surface area (TPSA) is 86.4 Å². The van der Waals surface area contributed by atoms with E-state index < -0.39 is 23.0 Å². The van der Waals surface area contributed by atoms with Crippen LogP contribution >= 0.6 is 0 Å². The lowest BCUT2D eigenvalue weighted by atomic mass is 9.63. The van der Waals surface area contributed by atoms with Gasteiger partial charge in [-0.3, -0.25) is 18.8 Å². The Kier molecular flexibility index (Phi) is 10.2. The quantitative estimate of drug-likeness (QED) is 0.403. The maximum atomic E-state index is 14.4. The van der Waals surface area contributed by atoms with Gasteiger partial charge in [0.15, 0.2) is 0 Å². The molecule has 4 radical (unpaired) electrons. The second kappa shape index (κ2) is 13.4. The number of likely N-dealkylation sites (tertiary alicyclic amines) is 1. The number of hydrogen-bond acceptors (Lipinski definition) is 7. The number of ether oxygens (including phenoxy) is 1. The van der Waals surface area contributed by atoms with Crippen LogP contribution in [0.15, 0.2) is 23.3 Å². The van der Waals surface area contributed by atoms with Crippen LogP contribution in [0.2, 0.25) is 0 Å². The molecule has 14 heteroatoms. The minimum Gasteiger partial charge on any atom is -0.395 e. The Balaban J connectivity index is 0.00000196. The Labute approximate surface area is 266 Å². The lowest BCUT2D eigenvalue weighted by Crippen LogP contribution is -2.59. The van der Waals surface area contributed by atoms with E-state index in [0.717, 1.165) is 38.8 Å². The highest BCUT2D eigenvalue weighted by Crippen LogP contribution is 2.50. The fraction of sp³-hybridized carbons (Fsp3) is 0.774. The van der Waals surface area contributed by atoms with Crippen molar-refractivity contribution in [3.63, 3.8) is 0 Å². The molecule has 0 amide bonds. The third-order valence-electron chi connectivity index (χ3n) is 10.5. The van der Waals surface area contributed by atoms with Crippen molar-refractivity contribution in [2.45, 2.75) is 103 Å². The first-order chi connectivity index (χ1) is 21.3. The average molecular weight is 630 g/mol. The van der Waals surface area contributed by atoms with Crippen LogP contribution in [0.5, 0.6) is 0 Å². The Morgan fingerprint density at radius 3 is 2.51 bits per heavy atom. The summed E-state index contributed by atoms with van der Waals surface area (Å²) in [6.45, 7) is 11.1. The van der Waals surface area contributed by atoms with Crippen LogP contribution in [-0.2, 0) is 10.9 Å². The van der Waals surface area contributed by atoms with E-state index in [1.807, 2.05) is 20.8 Å². The molecule has 5 heterocycles. The highest BCUT2D eigenvalue weighted by atomic mass is 19.4. The molecular formula is C31H47B2F3N6O3. The van der Waals surface area contributed by atoms with E-state index in [0.29, 0.717) is 44.0 Å². The normalized spacial score (nSPS) is 28.8. The molecule has 45 heavy (non-hydrogen) atoms. The van der Waals surface area contributed by atoms with Gasteiger partial charge in [0.2, 0.25) is 0 Å². The number of nitrogens with zero attached hydrogens (tertiary/aromatic N) is 4. The highest BCUT2D eigenvalue weighted by Gasteiger charge is 2.50. The molecule has 4 aliphatic rings. The van der Waals surface area contributed by atoms with Crippen molar-refractivity contribution in [1.82, 2.24) is 29.6 Å². The van der Waals surface area contributed by atoms with Gasteiger partial charge in [0.25, 0.3) is 0 Å². The molecule has 3 aliphatic heterocycles. The SMILES string of the molecule is CC.[B]C([B])(O)N1CNNC1CC1(C2CCCC(n3cc4c(C(F)(F)F)cc([C@H](C)N5CCC[C@H](C)C5)cn4c3=O)C2)COC1. The van der Waals surface area contributed by atoms with Crippen molar-refractivity contribution < 1.29 is 23.0 Å². The first-order valence-corrected chi connectivity index (χ1v) is 16.5. The number of rotatable bonds is 7. The summed E-state index contributed by atoms with van der Waals surface area (Å²) in [4.78, 5) is 17.6. The predicted molar refractivity (Wildman–Crippen MR) is 168 cm³/mol. The van der Waals surface area contributed by atoms with E-state index in [4.69, 9.17) is 20.4 Å². The van der Waals surface area contributed by atoms with Crippen molar-refractivity contribution >= 4 is 21.2 Å². The molecule has 3 saturated heterocycles. The number of nitrogens with one attached hydrogen (secondary N) is 2. The lowest BCUT2D eigenvalue weighted by molar-refractivity contribution is -0.171. The van der Waals surface area contributed by atoms with E-state index in [1.54, 1.807) is 11.1 Å². The van der Waals surface area contributed by atoms with E-state index in [2.05, 4.69) is 22.7 Å². The minimum absolute atomic E-state index is 0.105. The Bertz CT molecular complexity index is 1380. The molecule has 5 atom stereocenters. The summed E-state index contributed by atoms with van der Waals surface area (Å²) in [6.07, 6.45) is 3.94. The second-order valence-corrected chi connectivity index (χ2v) is 13.5. The van der Waals surface area contributed by atoms with Gasteiger partial charge in [0.1, 0.15) is 15.7 Å². The Morgan fingerprint density at radius 2 is 1.89 bits per heavy atom. The molecule has 4 fully saturated rings. The average Bonchev–Trinajstić information content (AvgIpc) is 3.59. The maximum Gasteiger partial charge on any atom is 0.418 e. The predicted octanol–water partition coefficient (Wildman–Crippen LogP) is 3.71. The fourth-order valence-corrected chi connectivity index (χ4v) is 7.95. The number of hydrogen-bond donors (Lipinski definition) is 3. The van der Waals surface area contributed by atoms with Gasteiger partial charge in [-0.25, -0.2) is 15.6 Å². The number of piperidine rings is 1. The first kappa shape index (κ1) is 34.5. The monoisotopic (exact) mass is 630 g/mol. The van der Waals surface area contributed by atoms with Gasteiger partial charge in [0, 0.05) is 42.0 Å². The van der Waals surface area contributed by atoms with Crippen LogP contribution in [0.4, 0.5) is 13.2 Å². The number of halogens is 3. The van der Waals surface area contributed by atoms with Crippen molar-refractivity contribution in [3.05, 3.63) is 40.1 Å². The van der Waals surface area contributed by atoms with Gasteiger partial charge in [-0.1, -0.05) is 27.2 Å². The molecule has 246 valence electrons. The third-order valence-corrected chi connectivity index (χ3v) is 10.5. The number of fused-ring (bicyclic) bond motifs is 1. The van der Waals surface area contributed by atoms with Crippen molar-refractivity contribution in [2.75, 3.05) is 33.0 Å². The molecule has 0 aromatic carbocycles. The van der Waals surface area contributed by atoms with Gasteiger partial charge in [-0.15, -0.1) is 0 Å². The third kappa shape index (κ3) is 6.92. The maximum absolute atomic E-state index is 14.4. The van der Waals surface area contributed by atoms with Crippen LogP contribution < -0.4 is 16.5 Å². The molecule has 1 saturated carbocycles. The van der Waals surface area contributed by atoms with E-state index in [9.17, 15) is 23.1 Å². The summed E-state index contributed by atoms with van der Waals surface area (Å²) < 4.78 is 51.7. The largest absolute Gasteiger partial charge is 0.418 e. The number of hydrazine groups is 1. The van der Waals surface area contributed by atoms with Crippen molar-refractivity contribution in [3.8, 4) is 0 Å². The molecule has 3 unspecified atom stereocenters. The van der Waals surface area contributed by atoms with E-state index >= 15 is 0 Å². The van der Waals surface area contributed by atoms with Crippen LogP contribution in [0.3, 0.4) is 0 Å². The number of aliphatic hydroxyl groups is 1.